The Bertz CT molecular complexity index is 897. The van der Waals surface area contributed by atoms with Crippen LogP contribution in [0.5, 0.6) is 11.5 Å². The molecule has 2 aromatic rings. The van der Waals surface area contributed by atoms with E-state index < -0.39 is 0 Å². The molecule has 2 heterocycles. The minimum Gasteiger partial charge on any atom is -0.507 e. The quantitative estimate of drug-likeness (QED) is 0.548. The molecule has 0 spiro atoms. The minimum absolute atomic E-state index is 0. The fourth-order valence-electron chi connectivity index (χ4n) is 3.07. The van der Waals surface area contributed by atoms with Crippen LogP contribution in [0.15, 0.2) is 71.2 Å². The van der Waals surface area contributed by atoms with Gasteiger partial charge in [-0.3, -0.25) is 0 Å². The van der Waals surface area contributed by atoms with Crippen LogP contribution in [0.25, 0.3) is 0 Å². The molecule has 0 saturated carbocycles. The smallest absolute Gasteiger partial charge is 0.220 e. The Labute approximate surface area is 214 Å². The largest absolute Gasteiger partial charge is 0.507 e. The Kier molecular flexibility index (Phi) is 12.3. The normalized spacial score (nSPS) is 18.2. The van der Waals surface area contributed by atoms with Crippen LogP contribution in [0.4, 0.5) is 0 Å². The number of para-hydroxylation sites is 2. The molecule has 2 atom stereocenters. The number of benzene rings is 2. The molecule has 0 radical (unpaired) electrons. The molecule has 34 heavy (non-hydrogen) atoms. The number of aliphatic imine (C=N–C) groups is 2. The summed E-state index contributed by atoms with van der Waals surface area (Å²) in [5, 5.41) is 19.3. The van der Waals surface area contributed by atoms with Gasteiger partial charge in [-0.1, -0.05) is 52.0 Å². The summed E-state index contributed by atoms with van der Waals surface area (Å²) in [5.41, 5.74) is 1.36. The number of hydrogen-bond acceptors (Lipinski definition) is 6. The standard InChI is InChI=1S/2C12H15NO2.C3H5.Cr/c2*1-8(2)10-7-15-12(13-10)9-5-3-4-6-11(9)14;1-3-2;/h2*3-6,8,10,14H,7H2,1-2H3;3H,1-2H2;/q;;-1;/t2*10-;;/m11../s1. The molecule has 6 nitrogen and oxygen atoms in total. The summed E-state index contributed by atoms with van der Waals surface area (Å²) in [6.45, 7) is 16.2. The molecule has 0 unspecified atom stereocenters. The van der Waals surface area contributed by atoms with E-state index in [0.717, 1.165) is 0 Å². The summed E-state index contributed by atoms with van der Waals surface area (Å²) in [5.74, 6) is 2.50. The van der Waals surface area contributed by atoms with E-state index in [2.05, 4.69) is 51.2 Å². The predicted molar refractivity (Wildman–Crippen MR) is 134 cm³/mol. The van der Waals surface area contributed by atoms with Crippen LogP contribution in [0.3, 0.4) is 0 Å². The van der Waals surface area contributed by atoms with E-state index in [-0.39, 0.29) is 40.9 Å². The number of allylic oxidation sites excluding steroid dienone is 1. The van der Waals surface area contributed by atoms with Gasteiger partial charge >= 0.3 is 0 Å². The van der Waals surface area contributed by atoms with Crippen molar-refractivity contribution < 1.29 is 37.0 Å². The first-order valence-corrected chi connectivity index (χ1v) is 11.2. The van der Waals surface area contributed by atoms with E-state index in [1.807, 2.05) is 24.3 Å². The molecule has 4 rings (SSSR count). The van der Waals surface area contributed by atoms with E-state index in [1.54, 1.807) is 24.3 Å². The molecule has 184 valence electrons. The number of hydrogen-bond donors (Lipinski definition) is 2. The minimum atomic E-state index is 0. The second-order valence-corrected chi connectivity index (χ2v) is 8.44. The molecule has 0 aliphatic carbocycles. The van der Waals surface area contributed by atoms with Crippen molar-refractivity contribution in [2.75, 3.05) is 13.2 Å². The van der Waals surface area contributed by atoms with Gasteiger partial charge in [-0.25, -0.2) is 29.6 Å². The van der Waals surface area contributed by atoms with Crippen molar-refractivity contribution in [3.63, 3.8) is 0 Å². The number of rotatable bonds is 4. The van der Waals surface area contributed by atoms with Crippen LogP contribution in [-0.4, -0.2) is 47.3 Å². The van der Waals surface area contributed by atoms with Crippen molar-refractivity contribution in [2.45, 2.75) is 39.8 Å². The molecule has 2 aliphatic heterocycles. The van der Waals surface area contributed by atoms with Crippen molar-refractivity contribution in [3.05, 3.63) is 79.2 Å². The summed E-state index contributed by atoms with van der Waals surface area (Å²) in [6.07, 6.45) is 1.50. The van der Waals surface area contributed by atoms with Crippen molar-refractivity contribution in [2.24, 2.45) is 21.8 Å². The van der Waals surface area contributed by atoms with E-state index in [4.69, 9.17) is 9.47 Å². The average Bonchev–Trinajstić information content (AvgIpc) is 3.46. The van der Waals surface area contributed by atoms with Crippen molar-refractivity contribution in [1.82, 2.24) is 0 Å². The number of phenols is 2. The van der Waals surface area contributed by atoms with Gasteiger partial charge in [-0.2, -0.15) is 0 Å². The molecule has 0 amide bonds. The molecule has 0 bridgehead atoms. The zero-order valence-electron chi connectivity index (χ0n) is 20.3. The molecular weight excluding hydrogens is 468 g/mol. The number of nitrogens with zero attached hydrogens (tertiary/aromatic N) is 2. The zero-order valence-corrected chi connectivity index (χ0v) is 21.6. The van der Waals surface area contributed by atoms with Crippen LogP contribution in [-0.2, 0) is 26.8 Å². The van der Waals surface area contributed by atoms with Crippen LogP contribution in [0.1, 0.15) is 38.8 Å². The molecule has 0 saturated heterocycles. The third-order valence-corrected chi connectivity index (χ3v) is 5.16. The van der Waals surface area contributed by atoms with E-state index in [1.165, 1.54) is 6.08 Å². The average molecular weight is 504 g/mol. The van der Waals surface area contributed by atoms with Crippen LogP contribution in [0, 0.1) is 18.8 Å². The van der Waals surface area contributed by atoms with Crippen LogP contribution in [0.2, 0.25) is 0 Å². The van der Waals surface area contributed by atoms with Gasteiger partial charge < -0.3 is 19.7 Å². The SMILES string of the molecule is C=C[CH2-].CC(C)[C@H]1COC(c2ccccc2O)=N1.CC(C)[C@H]1COC(c2ccccc2O)=N1.[Cr]. The van der Waals surface area contributed by atoms with E-state index in [0.29, 0.717) is 48.0 Å². The summed E-state index contributed by atoms with van der Waals surface area (Å²) in [7, 11) is 0. The number of aromatic hydroxyl groups is 2. The molecule has 0 fully saturated rings. The molecular formula is C27H35CrN2O4-. The van der Waals surface area contributed by atoms with Crippen LogP contribution >= 0.6 is 0 Å². The Morgan fingerprint density at radius 3 is 1.41 bits per heavy atom. The maximum atomic E-state index is 9.63. The van der Waals surface area contributed by atoms with E-state index in [9.17, 15) is 10.2 Å². The van der Waals surface area contributed by atoms with Crippen LogP contribution < -0.4 is 0 Å². The van der Waals surface area contributed by atoms with Gasteiger partial charge in [0.05, 0.1) is 23.2 Å². The summed E-state index contributed by atoms with van der Waals surface area (Å²) in [4.78, 5) is 8.91. The monoisotopic (exact) mass is 503 g/mol. The topological polar surface area (TPSA) is 83.6 Å². The number of ether oxygens (including phenoxy) is 2. The Balaban J connectivity index is 0.000000297. The van der Waals surface area contributed by atoms with Gasteiger partial charge in [0.25, 0.3) is 0 Å². The Hall–Kier alpha value is -2.88. The third kappa shape index (κ3) is 8.16. The molecule has 7 heteroatoms. The Morgan fingerprint density at radius 2 is 1.15 bits per heavy atom. The van der Waals surface area contributed by atoms with Crippen molar-refractivity contribution in [1.29, 1.82) is 0 Å². The van der Waals surface area contributed by atoms with Gasteiger partial charge in [0, 0.05) is 17.4 Å². The van der Waals surface area contributed by atoms with Crippen molar-refractivity contribution in [3.8, 4) is 11.5 Å². The first kappa shape index (κ1) is 29.2. The first-order chi connectivity index (χ1) is 15.8. The number of phenolic OH excluding ortho intramolecular Hbond substituents is 2. The van der Waals surface area contributed by atoms with Gasteiger partial charge in [0.2, 0.25) is 11.8 Å². The third-order valence-electron chi connectivity index (χ3n) is 5.16. The maximum Gasteiger partial charge on any atom is 0.220 e. The van der Waals surface area contributed by atoms with Gasteiger partial charge in [0.15, 0.2) is 0 Å². The first-order valence-electron chi connectivity index (χ1n) is 11.2. The summed E-state index contributed by atoms with van der Waals surface area (Å²) < 4.78 is 11.0. The van der Waals surface area contributed by atoms with Crippen molar-refractivity contribution >= 4 is 11.8 Å². The van der Waals surface area contributed by atoms with Gasteiger partial charge in [0.1, 0.15) is 24.7 Å². The fraction of sp³-hybridized carbons (Fsp3) is 0.370. The fourth-order valence-corrected chi connectivity index (χ4v) is 3.07. The van der Waals surface area contributed by atoms with E-state index >= 15 is 0 Å². The maximum absolute atomic E-state index is 9.63. The predicted octanol–water partition coefficient (Wildman–Crippen LogP) is 5.39. The Morgan fingerprint density at radius 1 is 0.824 bits per heavy atom. The molecule has 2 N–H and O–H groups in total. The van der Waals surface area contributed by atoms with Gasteiger partial charge in [-0.15, -0.1) is 0 Å². The van der Waals surface area contributed by atoms with Gasteiger partial charge in [-0.05, 0) is 36.1 Å². The molecule has 0 aromatic heterocycles. The molecule has 2 aliphatic rings. The zero-order chi connectivity index (χ0) is 24.4. The summed E-state index contributed by atoms with van der Waals surface area (Å²) in [6, 6.07) is 14.6. The summed E-state index contributed by atoms with van der Waals surface area (Å²) >= 11 is 0. The molecule has 2 aromatic carbocycles. The second kappa shape index (κ2) is 14.4. The second-order valence-electron chi connectivity index (χ2n) is 8.44.